The highest BCUT2D eigenvalue weighted by atomic mass is 32.2. The fourth-order valence-electron chi connectivity index (χ4n) is 2.33. The molecule has 0 amide bonds. The van der Waals surface area contributed by atoms with Crippen molar-refractivity contribution in [3.05, 3.63) is 84.5 Å². The molecule has 3 heteroatoms. The van der Waals surface area contributed by atoms with E-state index in [9.17, 15) is 8.42 Å². The maximum Gasteiger partial charge on any atom is 0.185 e. The van der Waals surface area contributed by atoms with Gasteiger partial charge in [-0.1, -0.05) is 74.2 Å². The van der Waals surface area contributed by atoms with Crippen molar-refractivity contribution < 1.29 is 8.42 Å². The van der Waals surface area contributed by atoms with Gasteiger partial charge in [0.25, 0.3) is 0 Å². The Bertz CT molecular complexity index is 745. The molecule has 0 radical (unpaired) electrons. The molecule has 114 valence electrons. The summed E-state index contributed by atoms with van der Waals surface area (Å²) in [4.78, 5) is 0.344. The molecule has 0 aliphatic rings. The highest BCUT2D eigenvalue weighted by Gasteiger charge is 2.27. The lowest BCUT2D eigenvalue weighted by molar-refractivity contribution is 0.585. The molecule has 1 atom stereocenters. The summed E-state index contributed by atoms with van der Waals surface area (Å²) in [7, 11) is -3.41. The number of allylic oxidation sites excluding steroid dienone is 1. The molecule has 0 N–H and O–H groups in total. The SMILES string of the molecule is C=C(/C=C/c1ccccc1)C(CC)S(=O)(=O)c1ccccc1. The minimum absolute atomic E-state index is 0.344. The molecular weight excluding hydrogens is 292 g/mol. The summed E-state index contributed by atoms with van der Waals surface area (Å²) in [6.07, 6.45) is 4.19. The average molecular weight is 312 g/mol. The zero-order valence-electron chi connectivity index (χ0n) is 12.6. The summed E-state index contributed by atoms with van der Waals surface area (Å²) in [5.41, 5.74) is 1.63. The predicted octanol–water partition coefficient (Wildman–Crippen LogP) is 4.51. The molecule has 0 aliphatic heterocycles. The standard InChI is InChI=1S/C19H20O2S/c1-3-19(22(20,21)18-12-8-5-9-13-18)16(2)14-15-17-10-6-4-7-11-17/h4-15,19H,2-3H2,1H3/b15-14+. The zero-order chi connectivity index (χ0) is 16.0. The van der Waals surface area contributed by atoms with E-state index in [0.717, 1.165) is 5.56 Å². The Morgan fingerprint density at radius 1 is 1.05 bits per heavy atom. The van der Waals surface area contributed by atoms with E-state index in [-0.39, 0.29) is 0 Å². The molecule has 0 aliphatic carbocycles. The van der Waals surface area contributed by atoms with Crippen LogP contribution in [0.4, 0.5) is 0 Å². The third-order valence-electron chi connectivity index (χ3n) is 3.52. The first-order chi connectivity index (χ1) is 10.6. The molecule has 2 aromatic carbocycles. The summed E-state index contributed by atoms with van der Waals surface area (Å²) >= 11 is 0. The van der Waals surface area contributed by atoms with E-state index in [1.165, 1.54) is 0 Å². The van der Waals surface area contributed by atoms with Crippen molar-refractivity contribution in [2.75, 3.05) is 0 Å². The lowest BCUT2D eigenvalue weighted by Gasteiger charge is -2.16. The van der Waals surface area contributed by atoms with Crippen molar-refractivity contribution >= 4 is 15.9 Å². The van der Waals surface area contributed by atoms with Gasteiger partial charge in [-0.2, -0.15) is 0 Å². The summed E-state index contributed by atoms with van der Waals surface area (Å²) in [5.74, 6) is 0. The van der Waals surface area contributed by atoms with Crippen LogP contribution in [0, 0.1) is 0 Å². The van der Waals surface area contributed by atoms with Crippen molar-refractivity contribution in [1.82, 2.24) is 0 Å². The highest BCUT2D eigenvalue weighted by Crippen LogP contribution is 2.24. The Kier molecular flexibility index (Phi) is 5.34. The van der Waals surface area contributed by atoms with Crippen LogP contribution in [0.2, 0.25) is 0 Å². The number of hydrogen-bond donors (Lipinski definition) is 0. The molecule has 1 unspecified atom stereocenters. The van der Waals surface area contributed by atoms with Crippen LogP contribution in [0.25, 0.3) is 6.08 Å². The number of sulfone groups is 1. The first kappa shape index (κ1) is 16.2. The number of hydrogen-bond acceptors (Lipinski definition) is 2. The van der Waals surface area contributed by atoms with E-state index in [1.807, 2.05) is 49.4 Å². The molecule has 0 bridgehead atoms. The summed E-state index contributed by atoms with van der Waals surface area (Å²) < 4.78 is 25.4. The van der Waals surface area contributed by atoms with Crippen molar-refractivity contribution in [3.8, 4) is 0 Å². The van der Waals surface area contributed by atoms with Gasteiger partial charge in [-0.05, 0) is 29.7 Å². The predicted molar refractivity (Wildman–Crippen MR) is 92.3 cm³/mol. The van der Waals surface area contributed by atoms with Crippen LogP contribution in [-0.4, -0.2) is 13.7 Å². The fourth-order valence-corrected chi connectivity index (χ4v) is 4.11. The van der Waals surface area contributed by atoms with Gasteiger partial charge in [0, 0.05) is 0 Å². The second-order valence-electron chi connectivity index (χ2n) is 5.07. The van der Waals surface area contributed by atoms with Gasteiger partial charge in [-0.3, -0.25) is 0 Å². The summed E-state index contributed by atoms with van der Waals surface area (Å²) in [6, 6.07) is 18.3. The van der Waals surface area contributed by atoms with Crippen LogP contribution in [0.1, 0.15) is 18.9 Å². The number of benzene rings is 2. The Morgan fingerprint density at radius 3 is 2.14 bits per heavy atom. The van der Waals surface area contributed by atoms with E-state index in [2.05, 4.69) is 6.58 Å². The van der Waals surface area contributed by atoms with Crippen molar-refractivity contribution in [1.29, 1.82) is 0 Å². The molecule has 0 spiro atoms. The zero-order valence-corrected chi connectivity index (χ0v) is 13.5. The molecule has 0 saturated heterocycles. The van der Waals surface area contributed by atoms with Crippen LogP contribution in [-0.2, 0) is 9.84 Å². The third kappa shape index (κ3) is 3.74. The minimum atomic E-state index is -3.41. The second-order valence-corrected chi connectivity index (χ2v) is 7.20. The Hall–Kier alpha value is -2.13. The first-order valence-corrected chi connectivity index (χ1v) is 8.81. The fraction of sp³-hybridized carbons (Fsp3) is 0.158. The third-order valence-corrected chi connectivity index (χ3v) is 5.83. The van der Waals surface area contributed by atoms with Gasteiger partial charge in [0.2, 0.25) is 0 Å². The first-order valence-electron chi connectivity index (χ1n) is 7.26. The van der Waals surface area contributed by atoms with Crippen LogP contribution >= 0.6 is 0 Å². The van der Waals surface area contributed by atoms with Gasteiger partial charge < -0.3 is 0 Å². The van der Waals surface area contributed by atoms with Crippen LogP contribution in [0.3, 0.4) is 0 Å². The van der Waals surface area contributed by atoms with E-state index >= 15 is 0 Å². The van der Waals surface area contributed by atoms with Gasteiger partial charge in [0.15, 0.2) is 9.84 Å². The Morgan fingerprint density at radius 2 is 1.59 bits per heavy atom. The quantitative estimate of drug-likeness (QED) is 0.736. The van der Waals surface area contributed by atoms with E-state index in [4.69, 9.17) is 0 Å². The monoisotopic (exact) mass is 312 g/mol. The van der Waals surface area contributed by atoms with Crippen LogP contribution in [0.15, 0.2) is 83.8 Å². The van der Waals surface area contributed by atoms with Crippen molar-refractivity contribution in [2.24, 2.45) is 0 Å². The lowest BCUT2D eigenvalue weighted by atomic mass is 10.1. The topological polar surface area (TPSA) is 34.1 Å². The smallest absolute Gasteiger partial charge is 0.185 e. The van der Waals surface area contributed by atoms with E-state index in [1.54, 1.807) is 30.3 Å². The highest BCUT2D eigenvalue weighted by molar-refractivity contribution is 7.92. The van der Waals surface area contributed by atoms with Gasteiger partial charge in [-0.25, -0.2) is 8.42 Å². The molecule has 2 aromatic rings. The van der Waals surface area contributed by atoms with Gasteiger partial charge >= 0.3 is 0 Å². The van der Waals surface area contributed by atoms with Crippen molar-refractivity contribution in [3.63, 3.8) is 0 Å². The molecule has 0 fully saturated rings. The molecule has 0 heterocycles. The number of rotatable bonds is 6. The molecule has 0 aromatic heterocycles. The minimum Gasteiger partial charge on any atom is -0.223 e. The molecule has 2 nitrogen and oxygen atoms in total. The molecule has 2 rings (SSSR count). The molecular formula is C19H20O2S. The van der Waals surface area contributed by atoms with Gasteiger partial charge in [0.05, 0.1) is 10.1 Å². The van der Waals surface area contributed by atoms with Crippen LogP contribution < -0.4 is 0 Å². The van der Waals surface area contributed by atoms with Gasteiger partial charge in [0.1, 0.15) is 0 Å². The largest absolute Gasteiger partial charge is 0.223 e. The molecule has 22 heavy (non-hydrogen) atoms. The second kappa shape index (κ2) is 7.23. The molecule has 0 saturated carbocycles. The maximum atomic E-state index is 12.7. The maximum absolute atomic E-state index is 12.7. The average Bonchev–Trinajstić information content (AvgIpc) is 2.55. The Labute approximate surface area is 132 Å². The van der Waals surface area contributed by atoms with E-state index in [0.29, 0.717) is 16.9 Å². The van der Waals surface area contributed by atoms with E-state index < -0.39 is 15.1 Å². The van der Waals surface area contributed by atoms with Crippen molar-refractivity contribution in [2.45, 2.75) is 23.5 Å². The lowest BCUT2D eigenvalue weighted by Crippen LogP contribution is -2.22. The Balaban J connectivity index is 2.25. The normalized spacial score (nSPS) is 13.1. The summed E-state index contributed by atoms with van der Waals surface area (Å²) in [5, 5.41) is -0.602. The van der Waals surface area contributed by atoms with Crippen LogP contribution in [0.5, 0.6) is 0 Å². The van der Waals surface area contributed by atoms with Gasteiger partial charge in [-0.15, -0.1) is 0 Å². The summed E-state index contributed by atoms with van der Waals surface area (Å²) in [6.45, 7) is 5.83.